The fraction of sp³-hybridized carbons (Fsp3) is 0.421. The van der Waals surface area contributed by atoms with Crippen molar-refractivity contribution >= 4 is 22.7 Å². The molecule has 1 atom stereocenters. The minimum Gasteiger partial charge on any atom is -0.466 e. The number of carbonyl (C=O) groups excluding carboxylic acids is 2. The van der Waals surface area contributed by atoms with Gasteiger partial charge in [0.15, 0.2) is 17.3 Å². The number of hydrogen-bond donors (Lipinski definition) is 0. The van der Waals surface area contributed by atoms with Gasteiger partial charge in [0, 0.05) is 59.6 Å². The molecule has 0 saturated heterocycles. The number of aryl methyl sites for hydroxylation is 1. The van der Waals surface area contributed by atoms with Gasteiger partial charge in [-0.1, -0.05) is 94.1 Å². The maximum Gasteiger partial charge on any atom is 0.305 e. The van der Waals surface area contributed by atoms with Gasteiger partial charge >= 0.3 is 5.97 Å². The van der Waals surface area contributed by atoms with E-state index in [-0.39, 0.29) is 18.2 Å². The summed E-state index contributed by atoms with van der Waals surface area (Å²) in [6, 6.07) is 22.2. The predicted molar refractivity (Wildman–Crippen MR) is 174 cm³/mol. The number of hydrogen-bond acceptors (Lipinski definition) is 5. The SMILES string of the molecule is CCCCCCC1(c2ccccc2)Oc2ccc(CC(=O)c3cn(CCCC(=O)OCC)c4ccccc34)c(CCC)c2O1. The first-order valence-electron chi connectivity index (χ1n) is 16.3. The van der Waals surface area contributed by atoms with Crippen LogP contribution in [0.25, 0.3) is 10.9 Å². The third-order valence-corrected chi connectivity index (χ3v) is 8.46. The topological polar surface area (TPSA) is 66.8 Å². The maximum atomic E-state index is 14.0. The normalized spacial score (nSPS) is 15.5. The number of ether oxygens (including phenoxy) is 3. The number of nitrogens with zero attached hydrogens (tertiary/aromatic N) is 1. The molecule has 0 N–H and O–H groups in total. The summed E-state index contributed by atoms with van der Waals surface area (Å²) in [4.78, 5) is 25.8. The second kappa shape index (κ2) is 14.6. The Balaban J connectivity index is 1.41. The molecule has 2 heterocycles. The largest absolute Gasteiger partial charge is 0.466 e. The van der Waals surface area contributed by atoms with Gasteiger partial charge in [0.1, 0.15) is 0 Å². The molecule has 1 unspecified atom stereocenters. The number of Topliss-reactive ketones (excluding diaryl/α,β-unsaturated/α-hetero) is 1. The number of carbonyl (C=O) groups is 2. The Morgan fingerprint density at radius 2 is 1.64 bits per heavy atom. The van der Waals surface area contributed by atoms with Crippen molar-refractivity contribution in [3.63, 3.8) is 0 Å². The molecule has 0 saturated carbocycles. The molecule has 1 aliphatic heterocycles. The number of para-hydroxylation sites is 1. The monoisotopic (exact) mass is 595 g/mol. The van der Waals surface area contributed by atoms with Gasteiger partial charge in [0.05, 0.1) is 6.61 Å². The summed E-state index contributed by atoms with van der Waals surface area (Å²) >= 11 is 0. The van der Waals surface area contributed by atoms with Crippen molar-refractivity contribution in [3.05, 3.63) is 95.2 Å². The van der Waals surface area contributed by atoms with Crippen molar-refractivity contribution in [1.29, 1.82) is 0 Å². The minimum absolute atomic E-state index is 0.0652. The lowest BCUT2D eigenvalue weighted by Crippen LogP contribution is -2.35. The number of benzene rings is 3. The van der Waals surface area contributed by atoms with Crippen LogP contribution in [0.5, 0.6) is 11.5 Å². The van der Waals surface area contributed by atoms with E-state index in [1.54, 1.807) is 0 Å². The third kappa shape index (κ3) is 6.85. The molecule has 3 aromatic carbocycles. The van der Waals surface area contributed by atoms with Crippen molar-refractivity contribution in [3.8, 4) is 11.5 Å². The Hall–Kier alpha value is -4.06. The standard InChI is InChI=1S/C38H45NO5/c1-4-7-8-14-24-38(29-17-10-9-11-18-29)43-35-23-22-28(30(16-5-2)37(35)44-38)26-34(40)32-27-39(25-15-21-36(41)42-6-3)33-20-13-12-19-31(32)33/h9-13,17-20,22-23,27H,4-8,14-16,21,24-26H2,1-3H3. The Labute approximate surface area is 261 Å². The number of unbranched alkanes of at least 4 members (excludes halogenated alkanes) is 3. The number of ketones is 1. The molecule has 6 nitrogen and oxygen atoms in total. The van der Waals surface area contributed by atoms with Crippen LogP contribution in [0.4, 0.5) is 0 Å². The highest BCUT2D eigenvalue weighted by molar-refractivity contribution is 6.09. The summed E-state index contributed by atoms with van der Waals surface area (Å²) in [5.74, 6) is 0.540. The zero-order valence-corrected chi connectivity index (χ0v) is 26.4. The van der Waals surface area contributed by atoms with Crippen LogP contribution in [0.2, 0.25) is 0 Å². The van der Waals surface area contributed by atoms with Crippen molar-refractivity contribution in [2.45, 2.75) is 97.3 Å². The van der Waals surface area contributed by atoms with Gasteiger partial charge in [-0.2, -0.15) is 0 Å². The average molecular weight is 596 g/mol. The van der Waals surface area contributed by atoms with E-state index in [0.29, 0.717) is 31.6 Å². The summed E-state index contributed by atoms with van der Waals surface area (Å²) < 4.78 is 20.7. The molecule has 0 amide bonds. The van der Waals surface area contributed by atoms with Crippen molar-refractivity contribution in [2.24, 2.45) is 0 Å². The molecule has 4 aromatic rings. The molecule has 0 aliphatic carbocycles. The predicted octanol–water partition coefficient (Wildman–Crippen LogP) is 8.96. The summed E-state index contributed by atoms with van der Waals surface area (Å²) in [6.07, 6.45) is 10.2. The smallest absolute Gasteiger partial charge is 0.305 e. The van der Waals surface area contributed by atoms with Crippen LogP contribution < -0.4 is 9.47 Å². The summed E-state index contributed by atoms with van der Waals surface area (Å²) in [5, 5.41) is 0.932. The van der Waals surface area contributed by atoms with Crippen molar-refractivity contribution in [2.75, 3.05) is 6.61 Å². The van der Waals surface area contributed by atoms with Gasteiger partial charge in [0.25, 0.3) is 5.79 Å². The average Bonchev–Trinajstić information content (AvgIpc) is 3.61. The molecule has 1 aromatic heterocycles. The van der Waals surface area contributed by atoms with Crippen LogP contribution in [0.15, 0.2) is 72.9 Å². The molecule has 0 fully saturated rings. The highest BCUT2D eigenvalue weighted by Crippen LogP contribution is 2.49. The zero-order chi connectivity index (χ0) is 30.9. The zero-order valence-electron chi connectivity index (χ0n) is 26.4. The molecule has 0 radical (unpaired) electrons. The van der Waals surface area contributed by atoms with Crippen LogP contribution in [-0.2, 0) is 34.7 Å². The quantitative estimate of drug-likeness (QED) is 0.0735. The summed E-state index contributed by atoms with van der Waals surface area (Å²) in [7, 11) is 0. The second-order valence-corrected chi connectivity index (χ2v) is 11.7. The van der Waals surface area contributed by atoms with E-state index >= 15 is 0 Å². The Morgan fingerprint density at radius 1 is 0.841 bits per heavy atom. The van der Waals surface area contributed by atoms with Gasteiger partial charge in [-0.15, -0.1) is 0 Å². The summed E-state index contributed by atoms with van der Waals surface area (Å²) in [6.45, 7) is 7.21. The van der Waals surface area contributed by atoms with Gasteiger partial charge in [-0.05, 0) is 43.9 Å². The molecule has 44 heavy (non-hydrogen) atoms. The van der Waals surface area contributed by atoms with E-state index in [9.17, 15) is 9.59 Å². The molecule has 6 heteroatoms. The van der Waals surface area contributed by atoms with E-state index in [2.05, 4.69) is 30.5 Å². The second-order valence-electron chi connectivity index (χ2n) is 11.7. The number of esters is 1. The summed E-state index contributed by atoms with van der Waals surface area (Å²) in [5.41, 5.74) is 4.75. The van der Waals surface area contributed by atoms with E-state index in [4.69, 9.17) is 14.2 Å². The first kappa shape index (κ1) is 31.4. The van der Waals surface area contributed by atoms with Crippen LogP contribution in [0.3, 0.4) is 0 Å². The number of aromatic nitrogens is 1. The van der Waals surface area contributed by atoms with Gasteiger partial charge in [0.2, 0.25) is 0 Å². The lowest BCUT2D eigenvalue weighted by atomic mass is 9.95. The third-order valence-electron chi connectivity index (χ3n) is 8.46. The van der Waals surface area contributed by atoms with E-state index in [0.717, 1.165) is 71.2 Å². The fourth-order valence-corrected chi connectivity index (χ4v) is 6.28. The van der Waals surface area contributed by atoms with Crippen LogP contribution in [0, 0.1) is 0 Å². The van der Waals surface area contributed by atoms with E-state index in [1.165, 1.54) is 12.8 Å². The minimum atomic E-state index is -0.862. The fourth-order valence-electron chi connectivity index (χ4n) is 6.28. The molecule has 1 aliphatic rings. The van der Waals surface area contributed by atoms with E-state index in [1.807, 2.05) is 67.7 Å². The van der Waals surface area contributed by atoms with Crippen LogP contribution in [-0.4, -0.2) is 22.9 Å². The van der Waals surface area contributed by atoms with Crippen LogP contribution >= 0.6 is 0 Å². The number of fused-ring (bicyclic) bond motifs is 2. The van der Waals surface area contributed by atoms with Gasteiger partial charge in [-0.3, -0.25) is 9.59 Å². The van der Waals surface area contributed by atoms with Crippen molar-refractivity contribution < 1.29 is 23.8 Å². The molecule has 232 valence electrons. The van der Waals surface area contributed by atoms with Crippen molar-refractivity contribution in [1.82, 2.24) is 4.57 Å². The lowest BCUT2D eigenvalue weighted by molar-refractivity contribution is -0.143. The first-order valence-corrected chi connectivity index (χ1v) is 16.3. The van der Waals surface area contributed by atoms with Gasteiger partial charge < -0.3 is 18.8 Å². The van der Waals surface area contributed by atoms with Crippen LogP contribution in [0.1, 0.15) is 99.2 Å². The Morgan fingerprint density at radius 3 is 2.41 bits per heavy atom. The van der Waals surface area contributed by atoms with E-state index < -0.39 is 5.79 Å². The highest BCUT2D eigenvalue weighted by Gasteiger charge is 2.44. The lowest BCUT2D eigenvalue weighted by Gasteiger charge is -2.28. The molecular formula is C38H45NO5. The van der Waals surface area contributed by atoms with Gasteiger partial charge in [-0.25, -0.2) is 0 Å². The Bertz CT molecular complexity index is 1570. The highest BCUT2D eigenvalue weighted by atomic mass is 16.7. The maximum absolute atomic E-state index is 14.0. The Kier molecular flexibility index (Phi) is 10.4. The molecule has 0 bridgehead atoms. The molecular weight excluding hydrogens is 550 g/mol. The number of rotatable bonds is 16. The molecule has 0 spiro atoms. The molecule has 5 rings (SSSR count). The first-order chi connectivity index (χ1) is 21.5.